The van der Waals surface area contributed by atoms with Gasteiger partial charge >= 0.3 is 0 Å². The second kappa shape index (κ2) is 8.82. The molecule has 0 radical (unpaired) electrons. The van der Waals surface area contributed by atoms with Gasteiger partial charge in [-0.15, -0.1) is 0 Å². The van der Waals surface area contributed by atoms with E-state index in [1.807, 2.05) is 6.92 Å². The van der Waals surface area contributed by atoms with E-state index in [1.54, 1.807) is 28.0 Å². The van der Waals surface area contributed by atoms with Crippen molar-refractivity contribution in [1.29, 1.82) is 0 Å². The molecule has 3 amide bonds. The van der Waals surface area contributed by atoms with Crippen LogP contribution >= 0.6 is 11.6 Å². The van der Waals surface area contributed by atoms with Crippen molar-refractivity contribution in [2.45, 2.75) is 44.7 Å². The van der Waals surface area contributed by atoms with Crippen LogP contribution in [0.4, 0.5) is 0 Å². The maximum atomic E-state index is 13.1. The molecule has 1 aromatic rings. The molecule has 0 aromatic heterocycles. The highest BCUT2D eigenvalue weighted by Crippen LogP contribution is 2.27. The van der Waals surface area contributed by atoms with Gasteiger partial charge in [0.1, 0.15) is 11.8 Å². The van der Waals surface area contributed by atoms with Crippen molar-refractivity contribution in [3.63, 3.8) is 0 Å². The Hall–Kier alpha value is -2.28. The van der Waals surface area contributed by atoms with Crippen LogP contribution in [0.25, 0.3) is 0 Å². The van der Waals surface area contributed by atoms with Gasteiger partial charge in [0.2, 0.25) is 11.8 Å². The Kier molecular flexibility index (Phi) is 6.44. The van der Waals surface area contributed by atoms with Gasteiger partial charge in [-0.05, 0) is 44.4 Å². The van der Waals surface area contributed by atoms with Crippen molar-refractivity contribution >= 4 is 29.3 Å². The second-order valence-electron chi connectivity index (χ2n) is 7.35. The van der Waals surface area contributed by atoms with Gasteiger partial charge in [-0.2, -0.15) is 0 Å². The van der Waals surface area contributed by atoms with E-state index in [0.717, 1.165) is 19.4 Å². The van der Waals surface area contributed by atoms with Crippen molar-refractivity contribution in [2.75, 3.05) is 26.7 Å². The number of hydrogen-bond acceptors (Lipinski definition) is 4. The Balaban J connectivity index is 1.66. The molecule has 0 unspecified atom stereocenters. The van der Waals surface area contributed by atoms with Crippen LogP contribution < -0.4 is 10.1 Å². The summed E-state index contributed by atoms with van der Waals surface area (Å²) in [6.07, 6.45) is 2.81. The number of nitrogens with zero attached hydrogens (tertiary/aromatic N) is 2. The van der Waals surface area contributed by atoms with Crippen LogP contribution in [0.15, 0.2) is 18.2 Å². The molecule has 0 bridgehead atoms. The van der Waals surface area contributed by atoms with Crippen molar-refractivity contribution < 1.29 is 19.1 Å². The largest absolute Gasteiger partial charge is 0.496 e. The predicted octanol–water partition coefficient (Wildman–Crippen LogP) is 2.08. The molecule has 0 aliphatic carbocycles. The highest BCUT2D eigenvalue weighted by Gasteiger charge is 2.36. The minimum Gasteiger partial charge on any atom is -0.496 e. The maximum Gasteiger partial charge on any atom is 0.258 e. The van der Waals surface area contributed by atoms with E-state index < -0.39 is 6.04 Å². The van der Waals surface area contributed by atoms with Gasteiger partial charge in [0.15, 0.2) is 0 Å². The number of hydrogen-bond donors (Lipinski definition) is 1. The molecule has 8 heteroatoms. The van der Waals surface area contributed by atoms with Crippen LogP contribution in [0.1, 0.15) is 43.0 Å². The lowest BCUT2D eigenvalue weighted by Crippen LogP contribution is -2.50. The molecule has 3 rings (SSSR count). The molecule has 2 aliphatic rings. The normalized spacial score (nSPS) is 20.4. The Morgan fingerprint density at radius 3 is 2.79 bits per heavy atom. The van der Waals surface area contributed by atoms with Gasteiger partial charge in [-0.1, -0.05) is 11.6 Å². The Morgan fingerprint density at radius 1 is 1.32 bits per heavy atom. The highest BCUT2D eigenvalue weighted by atomic mass is 35.5. The molecule has 0 spiro atoms. The van der Waals surface area contributed by atoms with Crippen LogP contribution in [0, 0.1) is 0 Å². The summed E-state index contributed by atoms with van der Waals surface area (Å²) in [4.78, 5) is 41.0. The fourth-order valence-electron chi connectivity index (χ4n) is 3.90. The van der Waals surface area contributed by atoms with E-state index in [-0.39, 0.29) is 23.8 Å². The summed E-state index contributed by atoms with van der Waals surface area (Å²) in [5, 5.41) is 3.40. The number of benzene rings is 1. The maximum absolute atomic E-state index is 13.1. The standard InChI is InChI=1S/C20H26ClN3O4/c1-13(12-23-9-4-6-18(23)25)22-19(26)16-5-3-10-24(16)20(27)15-11-14(21)7-8-17(15)28-2/h7-8,11,13,16H,3-6,9-10,12H2,1-2H3,(H,22,26)/t13-,16+/m0/s1. The molecule has 2 saturated heterocycles. The first-order valence-electron chi connectivity index (χ1n) is 9.63. The summed E-state index contributed by atoms with van der Waals surface area (Å²) < 4.78 is 5.28. The average molecular weight is 408 g/mol. The summed E-state index contributed by atoms with van der Waals surface area (Å²) >= 11 is 6.05. The fraction of sp³-hybridized carbons (Fsp3) is 0.550. The van der Waals surface area contributed by atoms with E-state index in [2.05, 4.69) is 5.32 Å². The number of rotatable bonds is 6. The SMILES string of the molecule is COc1ccc(Cl)cc1C(=O)N1CCC[C@@H]1C(=O)N[C@@H](C)CN1CCCC1=O. The Bertz CT molecular complexity index is 770. The summed E-state index contributed by atoms with van der Waals surface area (Å²) in [6.45, 7) is 3.62. The number of ether oxygens (including phenoxy) is 1. The van der Waals surface area contributed by atoms with Gasteiger partial charge < -0.3 is 19.9 Å². The smallest absolute Gasteiger partial charge is 0.258 e. The van der Waals surface area contributed by atoms with Crippen LogP contribution in [0.5, 0.6) is 5.75 Å². The zero-order valence-corrected chi connectivity index (χ0v) is 17.0. The number of halogens is 1. The lowest BCUT2D eigenvalue weighted by Gasteiger charge is -2.27. The first-order chi connectivity index (χ1) is 13.4. The van der Waals surface area contributed by atoms with Crippen LogP contribution in [-0.2, 0) is 9.59 Å². The van der Waals surface area contributed by atoms with E-state index >= 15 is 0 Å². The molecule has 152 valence electrons. The minimum absolute atomic E-state index is 0.131. The monoisotopic (exact) mass is 407 g/mol. The molecule has 0 saturated carbocycles. The van der Waals surface area contributed by atoms with Gasteiger partial charge in [0, 0.05) is 37.1 Å². The molecule has 1 N–H and O–H groups in total. The Morgan fingerprint density at radius 2 is 2.11 bits per heavy atom. The van der Waals surface area contributed by atoms with Gasteiger partial charge in [-0.3, -0.25) is 14.4 Å². The molecular weight excluding hydrogens is 382 g/mol. The summed E-state index contributed by atoms with van der Waals surface area (Å²) in [5.41, 5.74) is 0.352. The fourth-order valence-corrected chi connectivity index (χ4v) is 4.07. The number of carbonyl (C=O) groups excluding carboxylic acids is 3. The zero-order valence-electron chi connectivity index (χ0n) is 16.2. The van der Waals surface area contributed by atoms with E-state index in [9.17, 15) is 14.4 Å². The van der Waals surface area contributed by atoms with Crippen LogP contribution in [0.3, 0.4) is 0 Å². The first-order valence-corrected chi connectivity index (χ1v) is 10.0. The number of nitrogens with one attached hydrogen (secondary N) is 1. The predicted molar refractivity (Wildman–Crippen MR) is 105 cm³/mol. The number of carbonyl (C=O) groups is 3. The molecule has 2 atom stereocenters. The van der Waals surface area contributed by atoms with Crippen LogP contribution in [-0.4, -0.2) is 66.3 Å². The molecular formula is C20H26ClN3O4. The average Bonchev–Trinajstić information content (AvgIpc) is 3.30. The van der Waals surface area contributed by atoms with E-state index in [1.165, 1.54) is 7.11 Å². The minimum atomic E-state index is -0.534. The van der Waals surface area contributed by atoms with Crippen molar-refractivity contribution in [3.05, 3.63) is 28.8 Å². The van der Waals surface area contributed by atoms with Crippen LogP contribution in [0.2, 0.25) is 5.02 Å². The van der Waals surface area contributed by atoms with E-state index in [4.69, 9.17) is 16.3 Å². The third kappa shape index (κ3) is 4.41. The summed E-state index contributed by atoms with van der Waals surface area (Å²) in [7, 11) is 1.50. The van der Waals surface area contributed by atoms with Crippen molar-refractivity contribution in [2.24, 2.45) is 0 Å². The first kappa shape index (κ1) is 20.5. The lowest BCUT2D eigenvalue weighted by atomic mass is 10.1. The number of methoxy groups -OCH3 is 1. The highest BCUT2D eigenvalue weighted by molar-refractivity contribution is 6.31. The number of likely N-dealkylation sites (tertiary alicyclic amines) is 2. The quantitative estimate of drug-likeness (QED) is 0.783. The van der Waals surface area contributed by atoms with Crippen molar-refractivity contribution in [1.82, 2.24) is 15.1 Å². The van der Waals surface area contributed by atoms with Gasteiger partial charge in [0.25, 0.3) is 5.91 Å². The second-order valence-corrected chi connectivity index (χ2v) is 7.79. The Labute approximate surface area is 169 Å². The molecule has 2 heterocycles. The molecule has 2 fully saturated rings. The summed E-state index contributed by atoms with van der Waals surface area (Å²) in [6, 6.07) is 4.17. The lowest BCUT2D eigenvalue weighted by molar-refractivity contribution is -0.129. The topological polar surface area (TPSA) is 79.0 Å². The van der Waals surface area contributed by atoms with Gasteiger partial charge in [-0.25, -0.2) is 0 Å². The molecule has 1 aromatic carbocycles. The van der Waals surface area contributed by atoms with Gasteiger partial charge in [0.05, 0.1) is 12.7 Å². The zero-order chi connectivity index (χ0) is 20.3. The number of amides is 3. The van der Waals surface area contributed by atoms with Crippen molar-refractivity contribution in [3.8, 4) is 5.75 Å². The van der Waals surface area contributed by atoms with E-state index in [0.29, 0.717) is 42.3 Å². The molecule has 7 nitrogen and oxygen atoms in total. The third-order valence-corrected chi connectivity index (χ3v) is 5.50. The molecule has 28 heavy (non-hydrogen) atoms. The third-order valence-electron chi connectivity index (χ3n) is 5.26. The molecule has 2 aliphatic heterocycles. The summed E-state index contributed by atoms with van der Waals surface area (Å²) in [5.74, 6) is 0.110.